The second kappa shape index (κ2) is 7.79. The van der Waals surface area contributed by atoms with E-state index in [2.05, 4.69) is 9.97 Å². The van der Waals surface area contributed by atoms with Gasteiger partial charge in [0.2, 0.25) is 5.95 Å². The largest absolute Gasteiger partial charge is 0.497 e. The number of hydrogen-bond donors (Lipinski definition) is 2. The van der Waals surface area contributed by atoms with Crippen molar-refractivity contribution < 1.29 is 14.3 Å². The molecule has 1 fully saturated rings. The van der Waals surface area contributed by atoms with Gasteiger partial charge in [-0.2, -0.15) is 4.98 Å². The molecule has 1 heterocycles. The van der Waals surface area contributed by atoms with Gasteiger partial charge in [0.1, 0.15) is 11.4 Å². The fourth-order valence-electron chi connectivity index (χ4n) is 3.57. The molecule has 1 saturated carbocycles. The average Bonchev–Trinajstić information content (AvgIpc) is 2.61. The minimum Gasteiger partial charge on any atom is -0.497 e. The summed E-state index contributed by atoms with van der Waals surface area (Å²) in [7, 11) is 1.59. The minimum absolute atomic E-state index is 0.0885. The van der Waals surface area contributed by atoms with E-state index in [4.69, 9.17) is 20.9 Å². The zero-order valence-corrected chi connectivity index (χ0v) is 16.9. The molecule has 28 heavy (non-hydrogen) atoms. The molecule has 0 aliphatic heterocycles. The maximum atomic E-state index is 13.2. The fraction of sp³-hybridized carbons (Fsp3) is 0.550. The number of methoxy groups -OCH3 is 1. The van der Waals surface area contributed by atoms with E-state index in [1.54, 1.807) is 30.2 Å². The van der Waals surface area contributed by atoms with Crippen LogP contribution in [0.1, 0.15) is 46.5 Å². The first-order chi connectivity index (χ1) is 13.2. The number of amides is 1. The van der Waals surface area contributed by atoms with Gasteiger partial charge in [-0.05, 0) is 51.8 Å². The van der Waals surface area contributed by atoms with E-state index in [1.807, 2.05) is 20.8 Å². The third-order valence-electron chi connectivity index (χ3n) is 4.83. The van der Waals surface area contributed by atoms with Crippen molar-refractivity contribution in [3.63, 3.8) is 0 Å². The summed E-state index contributed by atoms with van der Waals surface area (Å²) in [6.45, 7) is 5.50. The van der Waals surface area contributed by atoms with E-state index in [0.717, 1.165) is 25.7 Å². The number of nitrogen functional groups attached to an aromatic ring is 1. The smallest absolute Gasteiger partial charge is 0.416 e. The highest BCUT2D eigenvalue weighted by atomic mass is 16.6. The van der Waals surface area contributed by atoms with Crippen LogP contribution in [0.4, 0.5) is 16.6 Å². The number of anilines is 2. The quantitative estimate of drug-likeness (QED) is 0.830. The lowest BCUT2D eigenvalue weighted by atomic mass is 9.90. The van der Waals surface area contributed by atoms with Crippen LogP contribution in [0.3, 0.4) is 0 Å². The van der Waals surface area contributed by atoms with Gasteiger partial charge in [0, 0.05) is 11.4 Å². The maximum absolute atomic E-state index is 13.2. The van der Waals surface area contributed by atoms with Gasteiger partial charge in [-0.3, -0.25) is 4.90 Å². The topological polar surface area (TPSA) is 117 Å². The monoisotopic (exact) mass is 387 g/mol. The van der Waals surface area contributed by atoms with Crippen LogP contribution in [0.15, 0.2) is 18.2 Å². The third kappa shape index (κ3) is 4.27. The lowest BCUT2D eigenvalue weighted by Gasteiger charge is -2.38. The summed E-state index contributed by atoms with van der Waals surface area (Å²) in [5.74, 6) is 1.13. The Balaban J connectivity index is 2.17. The molecule has 2 aromatic rings. The molecule has 0 bridgehead atoms. The van der Waals surface area contributed by atoms with E-state index in [-0.39, 0.29) is 18.0 Å². The van der Waals surface area contributed by atoms with Crippen LogP contribution in [0.2, 0.25) is 0 Å². The van der Waals surface area contributed by atoms with E-state index < -0.39 is 11.7 Å². The zero-order chi connectivity index (χ0) is 20.5. The number of fused-ring (bicyclic) bond motifs is 1. The Morgan fingerprint density at radius 3 is 2.57 bits per heavy atom. The van der Waals surface area contributed by atoms with Gasteiger partial charge >= 0.3 is 6.09 Å². The zero-order valence-electron chi connectivity index (χ0n) is 16.9. The number of carbonyl (C=O) groups is 1. The Bertz CT molecular complexity index is 865. The molecule has 1 aromatic heterocycles. The van der Waals surface area contributed by atoms with E-state index in [9.17, 15) is 4.79 Å². The third-order valence-corrected chi connectivity index (χ3v) is 4.83. The number of ether oxygens (including phenoxy) is 2. The van der Waals surface area contributed by atoms with Crippen molar-refractivity contribution in [2.75, 3.05) is 17.7 Å². The summed E-state index contributed by atoms with van der Waals surface area (Å²) in [5.41, 5.74) is 12.3. The van der Waals surface area contributed by atoms with Gasteiger partial charge in [-0.15, -0.1) is 0 Å². The lowest BCUT2D eigenvalue weighted by molar-refractivity contribution is 0.0552. The molecular formula is C20H29N5O3. The normalized spacial score (nSPS) is 20.0. The molecule has 2 unspecified atom stereocenters. The molecule has 152 valence electrons. The van der Waals surface area contributed by atoms with Gasteiger partial charge < -0.3 is 20.9 Å². The summed E-state index contributed by atoms with van der Waals surface area (Å²) in [6.07, 6.45) is 3.15. The predicted molar refractivity (Wildman–Crippen MR) is 109 cm³/mol. The van der Waals surface area contributed by atoms with Crippen LogP contribution in [-0.4, -0.2) is 40.9 Å². The second-order valence-corrected chi connectivity index (χ2v) is 8.15. The molecule has 1 aliphatic carbocycles. The molecule has 1 aliphatic rings. The predicted octanol–water partition coefficient (Wildman–Crippen LogP) is 3.23. The van der Waals surface area contributed by atoms with Crippen LogP contribution >= 0.6 is 0 Å². The standard InChI is InChI=1S/C20H29N5O3/c1-20(2,3)28-19(26)25(16-8-6-5-7-14(16)21)17-13-11-12(27-4)9-10-15(13)23-18(22)24-17/h9-11,14,16H,5-8,21H2,1-4H3,(H2,22,23,24). The van der Waals surface area contributed by atoms with Gasteiger partial charge in [0.25, 0.3) is 0 Å². The van der Waals surface area contributed by atoms with Crippen molar-refractivity contribution in [1.29, 1.82) is 0 Å². The first-order valence-corrected chi connectivity index (χ1v) is 9.58. The Morgan fingerprint density at radius 1 is 1.21 bits per heavy atom. The SMILES string of the molecule is COc1ccc2nc(N)nc(N(C(=O)OC(C)(C)C)C3CCCCC3N)c2c1. The number of rotatable bonds is 3. The highest BCUT2D eigenvalue weighted by Gasteiger charge is 2.36. The van der Waals surface area contributed by atoms with Crippen LogP contribution in [0.5, 0.6) is 5.75 Å². The second-order valence-electron chi connectivity index (χ2n) is 8.15. The fourth-order valence-corrected chi connectivity index (χ4v) is 3.57. The summed E-state index contributed by atoms with van der Waals surface area (Å²) in [6, 6.07) is 4.99. The molecule has 0 saturated heterocycles. The van der Waals surface area contributed by atoms with Crippen molar-refractivity contribution in [3.05, 3.63) is 18.2 Å². The van der Waals surface area contributed by atoms with Gasteiger partial charge in [-0.25, -0.2) is 9.78 Å². The molecule has 0 spiro atoms. The Morgan fingerprint density at radius 2 is 1.93 bits per heavy atom. The highest BCUT2D eigenvalue weighted by Crippen LogP contribution is 2.34. The van der Waals surface area contributed by atoms with Crippen molar-refractivity contribution in [2.24, 2.45) is 5.73 Å². The number of carbonyl (C=O) groups excluding carboxylic acids is 1. The lowest BCUT2D eigenvalue weighted by Crippen LogP contribution is -2.53. The van der Waals surface area contributed by atoms with Crippen LogP contribution in [-0.2, 0) is 4.74 Å². The Hall–Kier alpha value is -2.61. The van der Waals surface area contributed by atoms with Crippen LogP contribution in [0.25, 0.3) is 10.9 Å². The number of nitrogens with two attached hydrogens (primary N) is 2. The number of hydrogen-bond acceptors (Lipinski definition) is 7. The molecule has 8 heteroatoms. The molecule has 3 rings (SSSR count). The molecular weight excluding hydrogens is 358 g/mol. The van der Waals surface area contributed by atoms with Crippen molar-refractivity contribution >= 4 is 28.8 Å². The summed E-state index contributed by atoms with van der Waals surface area (Å²) < 4.78 is 11.0. The summed E-state index contributed by atoms with van der Waals surface area (Å²) in [5, 5.41) is 0.664. The number of nitrogens with zero attached hydrogens (tertiary/aromatic N) is 3. The molecule has 4 N–H and O–H groups in total. The first-order valence-electron chi connectivity index (χ1n) is 9.58. The van der Waals surface area contributed by atoms with E-state index in [0.29, 0.717) is 22.5 Å². The Kier molecular flexibility index (Phi) is 5.60. The molecule has 0 radical (unpaired) electrons. The van der Waals surface area contributed by atoms with Gasteiger partial charge in [0.05, 0.1) is 18.7 Å². The van der Waals surface area contributed by atoms with Crippen molar-refractivity contribution in [3.8, 4) is 5.75 Å². The van der Waals surface area contributed by atoms with E-state index >= 15 is 0 Å². The van der Waals surface area contributed by atoms with E-state index in [1.165, 1.54) is 0 Å². The summed E-state index contributed by atoms with van der Waals surface area (Å²) >= 11 is 0. The van der Waals surface area contributed by atoms with Crippen molar-refractivity contribution in [2.45, 2.75) is 64.1 Å². The highest BCUT2D eigenvalue weighted by molar-refractivity contribution is 6.00. The Labute approximate surface area is 165 Å². The molecule has 1 aromatic carbocycles. The van der Waals surface area contributed by atoms with Crippen LogP contribution < -0.4 is 21.1 Å². The van der Waals surface area contributed by atoms with Gasteiger partial charge in [0.15, 0.2) is 5.82 Å². The molecule has 1 amide bonds. The van der Waals surface area contributed by atoms with Crippen LogP contribution in [0, 0.1) is 0 Å². The maximum Gasteiger partial charge on any atom is 0.416 e. The molecule has 2 atom stereocenters. The first kappa shape index (κ1) is 20.1. The summed E-state index contributed by atoms with van der Waals surface area (Å²) in [4.78, 5) is 23.5. The average molecular weight is 387 g/mol. The molecule has 8 nitrogen and oxygen atoms in total. The number of benzene rings is 1. The van der Waals surface area contributed by atoms with Crippen molar-refractivity contribution in [1.82, 2.24) is 9.97 Å². The number of aromatic nitrogens is 2. The van der Waals surface area contributed by atoms with Gasteiger partial charge in [-0.1, -0.05) is 12.8 Å². The minimum atomic E-state index is -0.653.